The molecule has 1 fully saturated rings. The summed E-state index contributed by atoms with van der Waals surface area (Å²) >= 11 is 0. The minimum atomic E-state index is -1.03. The van der Waals surface area contributed by atoms with Gasteiger partial charge < -0.3 is 19.7 Å². The largest absolute Gasteiger partial charge is 0.490 e. The molecule has 1 unspecified atom stereocenters. The lowest BCUT2D eigenvalue weighted by molar-refractivity contribution is -0.923. The lowest BCUT2D eigenvalue weighted by Gasteiger charge is -2.29. The zero-order valence-electron chi connectivity index (χ0n) is 18.4. The van der Waals surface area contributed by atoms with Crippen molar-refractivity contribution in [1.82, 2.24) is 10.2 Å². The third kappa shape index (κ3) is 3.97. The van der Waals surface area contributed by atoms with Gasteiger partial charge in [-0.2, -0.15) is 0 Å². The van der Waals surface area contributed by atoms with Crippen molar-refractivity contribution < 1.29 is 24.0 Å². The quantitative estimate of drug-likeness (QED) is 0.666. The topological polar surface area (TPSA) is 72.3 Å². The van der Waals surface area contributed by atoms with E-state index in [1.165, 1.54) is 20.9 Å². The molecule has 0 radical (unpaired) electrons. The second kappa shape index (κ2) is 8.59. The summed E-state index contributed by atoms with van der Waals surface area (Å²) in [5.74, 6) is 1.32. The average Bonchev–Trinajstić information content (AvgIpc) is 2.99. The van der Waals surface area contributed by atoms with Gasteiger partial charge in [0.15, 0.2) is 18.2 Å². The first kappa shape index (κ1) is 21.2. The summed E-state index contributed by atoms with van der Waals surface area (Å²) in [5, 5.41) is 2.89. The van der Waals surface area contributed by atoms with Crippen LogP contribution in [-0.4, -0.2) is 43.3 Å². The van der Waals surface area contributed by atoms with E-state index in [1.54, 1.807) is 6.92 Å². The number of rotatable bonds is 7. The van der Waals surface area contributed by atoms with E-state index in [9.17, 15) is 9.59 Å². The molecule has 2 atom stereocenters. The number of nitrogens with one attached hydrogen (secondary N) is 2. The summed E-state index contributed by atoms with van der Waals surface area (Å²) in [4.78, 5) is 28.4. The van der Waals surface area contributed by atoms with Gasteiger partial charge in [0.05, 0.1) is 19.8 Å². The molecule has 2 aliphatic heterocycles. The Balaban J connectivity index is 1.51. The maximum Gasteiger partial charge on any atom is 0.329 e. The molecule has 31 heavy (non-hydrogen) atoms. The summed E-state index contributed by atoms with van der Waals surface area (Å²) in [5.41, 5.74) is 2.17. The van der Waals surface area contributed by atoms with E-state index in [0.717, 1.165) is 36.6 Å². The summed E-state index contributed by atoms with van der Waals surface area (Å²) in [7, 11) is 0. The second-order valence-electron chi connectivity index (χ2n) is 8.17. The SMILES string of the molecule is CCOc1cc2c(cc1OCC)C[NH+](CN1C(=O)N[C@](C)(c3ccccc3)C1=O)CC2. The normalized spacial score (nSPS) is 22.8. The van der Waals surface area contributed by atoms with Gasteiger partial charge in [0, 0.05) is 12.0 Å². The van der Waals surface area contributed by atoms with Crippen LogP contribution in [0.1, 0.15) is 37.5 Å². The molecule has 0 saturated carbocycles. The number of hydrogen-bond donors (Lipinski definition) is 2. The number of nitrogens with zero attached hydrogens (tertiary/aromatic N) is 1. The number of urea groups is 1. The summed E-state index contributed by atoms with van der Waals surface area (Å²) in [6.45, 7) is 8.73. The van der Waals surface area contributed by atoms with Gasteiger partial charge in [-0.1, -0.05) is 30.3 Å². The van der Waals surface area contributed by atoms with Crippen LogP contribution in [0.25, 0.3) is 0 Å². The minimum absolute atomic E-state index is 0.205. The zero-order chi connectivity index (χ0) is 22.0. The third-order valence-corrected chi connectivity index (χ3v) is 6.06. The van der Waals surface area contributed by atoms with E-state index in [2.05, 4.69) is 11.4 Å². The Labute approximate surface area is 182 Å². The molecule has 2 heterocycles. The number of amides is 3. The lowest BCUT2D eigenvalue weighted by atomic mass is 9.92. The smallest absolute Gasteiger partial charge is 0.329 e. The number of carbonyl (C=O) groups excluding carboxylic acids is 2. The predicted octanol–water partition coefficient (Wildman–Crippen LogP) is 1.85. The highest BCUT2D eigenvalue weighted by atomic mass is 16.5. The fraction of sp³-hybridized carbons (Fsp3) is 0.417. The zero-order valence-corrected chi connectivity index (χ0v) is 18.4. The summed E-state index contributed by atoms with van der Waals surface area (Å²) < 4.78 is 11.5. The summed E-state index contributed by atoms with van der Waals surface area (Å²) in [6, 6.07) is 13.2. The molecule has 0 aliphatic carbocycles. The molecule has 0 spiro atoms. The van der Waals surface area contributed by atoms with Crippen molar-refractivity contribution in [3.8, 4) is 11.5 Å². The Bertz CT molecular complexity index is 978. The van der Waals surface area contributed by atoms with Crippen LogP contribution in [0.2, 0.25) is 0 Å². The molecule has 7 heteroatoms. The van der Waals surface area contributed by atoms with Crippen molar-refractivity contribution in [2.24, 2.45) is 0 Å². The highest BCUT2D eigenvalue weighted by Gasteiger charge is 2.50. The Kier molecular flexibility index (Phi) is 5.87. The van der Waals surface area contributed by atoms with Crippen LogP contribution < -0.4 is 19.7 Å². The minimum Gasteiger partial charge on any atom is -0.490 e. The van der Waals surface area contributed by atoms with Crippen LogP contribution in [-0.2, 0) is 23.3 Å². The van der Waals surface area contributed by atoms with E-state index in [0.29, 0.717) is 19.9 Å². The van der Waals surface area contributed by atoms with Crippen molar-refractivity contribution in [2.75, 3.05) is 26.4 Å². The van der Waals surface area contributed by atoms with E-state index in [1.807, 2.05) is 50.2 Å². The number of quaternary nitrogens is 1. The molecule has 4 rings (SSSR count). The molecule has 2 aromatic carbocycles. The van der Waals surface area contributed by atoms with Gasteiger partial charge in [0.25, 0.3) is 5.91 Å². The maximum absolute atomic E-state index is 13.2. The molecule has 2 aromatic rings. The number of fused-ring (bicyclic) bond motifs is 1. The Morgan fingerprint density at radius 2 is 1.68 bits per heavy atom. The molecular formula is C24H30N3O4+. The first-order valence-electron chi connectivity index (χ1n) is 10.9. The van der Waals surface area contributed by atoms with Crippen LogP contribution in [0.15, 0.2) is 42.5 Å². The number of carbonyl (C=O) groups is 2. The molecule has 0 bridgehead atoms. The van der Waals surface area contributed by atoms with Crippen LogP contribution >= 0.6 is 0 Å². The Morgan fingerprint density at radius 3 is 2.32 bits per heavy atom. The van der Waals surface area contributed by atoms with E-state index in [-0.39, 0.29) is 11.9 Å². The Morgan fingerprint density at radius 1 is 1.03 bits per heavy atom. The highest BCUT2D eigenvalue weighted by molar-refractivity contribution is 6.07. The molecule has 1 saturated heterocycles. The maximum atomic E-state index is 13.2. The predicted molar refractivity (Wildman–Crippen MR) is 116 cm³/mol. The molecule has 7 nitrogen and oxygen atoms in total. The van der Waals surface area contributed by atoms with Gasteiger partial charge in [0.1, 0.15) is 12.1 Å². The Hall–Kier alpha value is -3.06. The fourth-order valence-corrected chi connectivity index (χ4v) is 4.41. The van der Waals surface area contributed by atoms with Crippen LogP contribution in [0.5, 0.6) is 11.5 Å². The number of ether oxygens (including phenoxy) is 2. The molecule has 2 aliphatic rings. The lowest BCUT2D eigenvalue weighted by Crippen LogP contribution is -3.13. The number of benzene rings is 2. The fourth-order valence-electron chi connectivity index (χ4n) is 4.41. The molecular weight excluding hydrogens is 394 g/mol. The van der Waals surface area contributed by atoms with Crippen molar-refractivity contribution >= 4 is 11.9 Å². The monoisotopic (exact) mass is 424 g/mol. The standard InChI is InChI=1S/C24H29N3O4/c1-4-30-20-13-17-11-12-26(15-18(17)14-21(20)31-5-2)16-27-22(28)24(3,25-23(27)29)19-9-7-6-8-10-19/h6-10,13-14H,4-5,11-12,15-16H2,1-3H3,(H,25,29)/p+1/t24-/m1/s1. The summed E-state index contributed by atoms with van der Waals surface area (Å²) in [6.07, 6.45) is 0.858. The van der Waals surface area contributed by atoms with Crippen molar-refractivity contribution in [3.05, 3.63) is 59.2 Å². The van der Waals surface area contributed by atoms with Crippen molar-refractivity contribution in [2.45, 2.75) is 39.3 Å². The van der Waals surface area contributed by atoms with Gasteiger partial charge in [-0.25, -0.2) is 9.69 Å². The first-order chi connectivity index (χ1) is 15.0. The van der Waals surface area contributed by atoms with Gasteiger partial charge >= 0.3 is 6.03 Å². The number of imide groups is 1. The third-order valence-electron chi connectivity index (χ3n) is 6.06. The van der Waals surface area contributed by atoms with Gasteiger partial charge in [0.2, 0.25) is 0 Å². The van der Waals surface area contributed by atoms with Crippen LogP contribution in [0.3, 0.4) is 0 Å². The van der Waals surface area contributed by atoms with E-state index < -0.39 is 5.54 Å². The van der Waals surface area contributed by atoms with Crippen LogP contribution in [0, 0.1) is 0 Å². The highest BCUT2D eigenvalue weighted by Crippen LogP contribution is 2.32. The number of hydrogen-bond acceptors (Lipinski definition) is 4. The second-order valence-corrected chi connectivity index (χ2v) is 8.17. The van der Waals surface area contributed by atoms with E-state index >= 15 is 0 Å². The van der Waals surface area contributed by atoms with Crippen molar-refractivity contribution in [3.63, 3.8) is 0 Å². The van der Waals surface area contributed by atoms with Gasteiger partial charge in [-0.05, 0) is 44.0 Å². The van der Waals surface area contributed by atoms with Crippen molar-refractivity contribution in [1.29, 1.82) is 0 Å². The van der Waals surface area contributed by atoms with Gasteiger partial charge in [-0.3, -0.25) is 4.79 Å². The molecule has 0 aromatic heterocycles. The molecule has 2 N–H and O–H groups in total. The molecule has 3 amide bonds. The van der Waals surface area contributed by atoms with Gasteiger partial charge in [-0.15, -0.1) is 0 Å². The first-order valence-corrected chi connectivity index (χ1v) is 10.9. The van der Waals surface area contributed by atoms with Crippen LogP contribution in [0.4, 0.5) is 4.79 Å². The average molecular weight is 425 g/mol. The molecule has 164 valence electrons. The van der Waals surface area contributed by atoms with E-state index in [4.69, 9.17) is 9.47 Å².